The Labute approximate surface area is 216 Å². The summed E-state index contributed by atoms with van der Waals surface area (Å²) in [6.45, 7) is -2.82. The first-order valence-corrected chi connectivity index (χ1v) is 11.2. The first-order chi connectivity index (χ1) is 18.9. The smallest absolute Gasteiger partial charge is 0.273 e. The molecule has 1 aliphatic carbocycles. The van der Waals surface area contributed by atoms with Crippen molar-refractivity contribution in [3.63, 3.8) is 0 Å². The van der Waals surface area contributed by atoms with E-state index in [9.17, 15) is 18.8 Å². The van der Waals surface area contributed by atoms with Gasteiger partial charge >= 0.3 is 0 Å². The van der Waals surface area contributed by atoms with Crippen LogP contribution in [-0.4, -0.2) is 66.0 Å². The van der Waals surface area contributed by atoms with Crippen LogP contribution in [0.2, 0.25) is 0 Å². The van der Waals surface area contributed by atoms with Crippen LogP contribution in [0.5, 0.6) is 5.75 Å². The van der Waals surface area contributed by atoms with Gasteiger partial charge in [0.15, 0.2) is 17.3 Å². The normalized spacial score (nSPS) is 14.0. The molecule has 0 bridgehead atoms. The summed E-state index contributed by atoms with van der Waals surface area (Å²) in [5, 5.41) is 14.9. The molecule has 4 rings (SSSR count). The van der Waals surface area contributed by atoms with Crippen LogP contribution in [-0.2, 0) is 4.79 Å². The second-order valence-corrected chi connectivity index (χ2v) is 8.50. The third-order valence-electron chi connectivity index (χ3n) is 5.54. The highest BCUT2D eigenvalue weighted by Crippen LogP contribution is 2.39. The lowest BCUT2D eigenvalue weighted by molar-refractivity contribution is -0.117. The van der Waals surface area contributed by atoms with Gasteiger partial charge in [-0.15, -0.1) is 10.2 Å². The number of hydrogen-bond acceptors (Lipinski definition) is 8. The SMILES string of the molecule is [2H]C([2H])([2H])NC(=O)c1nnc(NC(=O)C2CC2)cc1Nc1cc(F)cc(-c2ccc(C(=O)N(C)C)cn2)c1OC. The lowest BCUT2D eigenvalue weighted by Crippen LogP contribution is -2.22. The molecule has 2 aromatic heterocycles. The van der Waals surface area contributed by atoms with Crippen molar-refractivity contribution in [2.24, 2.45) is 5.92 Å². The van der Waals surface area contributed by atoms with E-state index in [-0.39, 0.29) is 46.2 Å². The van der Waals surface area contributed by atoms with Gasteiger partial charge in [-0.05, 0) is 31.0 Å². The van der Waals surface area contributed by atoms with Crippen molar-refractivity contribution in [2.45, 2.75) is 12.8 Å². The van der Waals surface area contributed by atoms with Gasteiger partial charge in [0.25, 0.3) is 11.8 Å². The lowest BCUT2D eigenvalue weighted by atomic mass is 10.1. The molecule has 0 spiro atoms. The molecule has 1 aliphatic rings. The van der Waals surface area contributed by atoms with Gasteiger partial charge in [0.05, 0.1) is 29.7 Å². The molecule has 3 aromatic rings. The van der Waals surface area contributed by atoms with Crippen LogP contribution in [0.15, 0.2) is 36.5 Å². The average Bonchev–Trinajstić information content (AvgIpc) is 3.73. The molecule has 1 aromatic carbocycles. The Morgan fingerprint density at radius 3 is 2.54 bits per heavy atom. The van der Waals surface area contributed by atoms with Gasteiger partial charge in [0.2, 0.25) is 5.91 Å². The third-order valence-corrected chi connectivity index (χ3v) is 5.54. The summed E-state index contributed by atoms with van der Waals surface area (Å²) in [6.07, 6.45) is 2.84. The number of halogens is 1. The quantitative estimate of drug-likeness (QED) is 0.421. The summed E-state index contributed by atoms with van der Waals surface area (Å²) < 4.78 is 42.4. The zero-order valence-electron chi connectivity index (χ0n) is 23.3. The Bertz CT molecular complexity index is 1460. The first kappa shape index (κ1) is 21.7. The van der Waals surface area contributed by atoms with Crippen molar-refractivity contribution < 1.29 is 27.6 Å². The van der Waals surface area contributed by atoms with Gasteiger partial charge in [-0.25, -0.2) is 4.39 Å². The van der Waals surface area contributed by atoms with Crippen molar-refractivity contribution >= 4 is 34.9 Å². The van der Waals surface area contributed by atoms with E-state index in [1.54, 1.807) is 20.2 Å². The maximum absolute atomic E-state index is 14.9. The summed E-state index contributed by atoms with van der Waals surface area (Å²) in [5.74, 6) is -2.31. The Morgan fingerprint density at radius 2 is 1.92 bits per heavy atom. The van der Waals surface area contributed by atoms with Gasteiger partial charge in [-0.3, -0.25) is 19.4 Å². The van der Waals surface area contributed by atoms with Gasteiger partial charge < -0.3 is 25.6 Å². The van der Waals surface area contributed by atoms with Gasteiger partial charge in [0, 0.05) is 55.0 Å². The van der Waals surface area contributed by atoms with Crippen LogP contribution < -0.4 is 20.7 Å². The number of carbonyl (C=O) groups is 3. The van der Waals surface area contributed by atoms with Gasteiger partial charge in [-0.2, -0.15) is 0 Å². The number of amides is 3. The Hall–Kier alpha value is -4.61. The minimum absolute atomic E-state index is 0.00300. The topological polar surface area (TPSA) is 138 Å². The van der Waals surface area contributed by atoms with Gasteiger partial charge in [-0.1, -0.05) is 0 Å². The van der Waals surface area contributed by atoms with Crippen LogP contribution in [0.3, 0.4) is 0 Å². The minimum Gasteiger partial charge on any atom is -0.494 e. The predicted octanol–water partition coefficient (Wildman–Crippen LogP) is 2.84. The molecular weight excluding hydrogens is 481 g/mol. The number of aromatic nitrogens is 3. The molecule has 3 N–H and O–H groups in total. The monoisotopic (exact) mass is 510 g/mol. The molecule has 0 unspecified atom stereocenters. The number of carbonyl (C=O) groups excluding carboxylic acids is 3. The van der Waals surface area contributed by atoms with Crippen LogP contribution in [0, 0.1) is 11.7 Å². The molecule has 0 radical (unpaired) electrons. The number of benzene rings is 1. The van der Waals surface area contributed by atoms with E-state index in [1.165, 1.54) is 36.4 Å². The second-order valence-electron chi connectivity index (χ2n) is 8.50. The number of ether oxygens (including phenoxy) is 1. The van der Waals surface area contributed by atoms with E-state index in [0.29, 0.717) is 11.3 Å². The standard InChI is InChI=1S/C25H26FN7O4/c1-27-24(35)21-18(11-20(31-32-21)30-23(34)13-5-6-13)29-19-10-15(26)9-16(22(19)37-4)17-8-7-14(12-28-17)25(36)33(2)3/h7-13H,5-6H2,1-4H3,(H,27,35)(H2,29,30,31,34)/i1D3. The Balaban J connectivity index is 1.74. The summed E-state index contributed by atoms with van der Waals surface area (Å²) >= 11 is 0. The summed E-state index contributed by atoms with van der Waals surface area (Å²) in [6, 6.07) is 6.65. The molecule has 12 heteroatoms. The number of nitrogens with zero attached hydrogens (tertiary/aromatic N) is 4. The molecule has 192 valence electrons. The van der Waals surface area contributed by atoms with E-state index < -0.39 is 24.4 Å². The molecule has 0 atom stereocenters. The van der Waals surface area contributed by atoms with Crippen molar-refractivity contribution in [2.75, 3.05) is 38.8 Å². The molecule has 0 saturated heterocycles. The fraction of sp³-hybridized carbons (Fsp3) is 0.280. The molecule has 0 aliphatic heterocycles. The Kier molecular flexibility index (Phi) is 6.18. The number of methoxy groups -OCH3 is 1. The van der Waals surface area contributed by atoms with Crippen molar-refractivity contribution in [1.29, 1.82) is 0 Å². The second kappa shape index (κ2) is 10.6. The number of anilines is 3. The van der Waals surface area contributed by atoms with E-state index in [1.807, 2.05) is 5.32 Å². The van der Waals surface area contributed by atoms with E-state index in [0.717, 1.165) is 18.9 Å². The molecule has 1 fully saturated rings. The summed E-state index contributed by atoms with van der Waals surface area (Å²) in [7, 11) is 4.56. The van der Waals surface area contributed by atoms with Crippen molar-refractivity contribution in [3.8, 4) is 17.0 Å². The summed E-state index contributed by atoms with van der Waals surface area (Å²) in [5.41, 5.74) is 0.404. The maximum Gasteiger partial charge on any atom is 0.273 e. The number of rotatable bonds is 8. The third kappa shape index (κ3) is 5.63. The van der Waals surface area contributed by atoms with E-state index in [4.69, 9.17) is 8.85 Å². The van der Waals surface area contributed by atoms with Crippen LogP contribution in [0.1, 0.15) is 37.8 Å². The van der Waals surface area contributed by atoms with E-state index >= 15 is 0 Å². The summed E-state index contributed by atoms with van der Waals surface area (Å²) in [4.78, 5) is 42.9. The molecular formula is C25H26FN7O4. The fourth-order valence-electron chi connectivity index (χ4n) is 3.53. The largest absolute Gasteiger partial charge is 0.494 e. The molecule has 2 heterocycles. The molecule has 1 saturated carbocycles. The van der Waals surface area contributed by atoms with Gasteiger partial charge in [0.1, 0.15) is 5.82 Å². The first-order valence-electron chi connectivity index (χ1n) is 12.7. The fourth-order valence-corrected chi connectivity index (χ4v) is 3.53. The van der Waals surface area contributed by atoms with Crippen LogP contribution >= 0.6 is 0 Å². The highest BCUT2D eigenvalue weighted by Gasteiger charge is 2.30. The zero-order chi connectivity index (χ0) is 29.2. The van der Waals surface area contributed by atoms with Crippen molar-refractivity contribution in [1.82, 2.24) is 25.4 Å². The van der Waals surface area contributed by atoms with Crippen LogP contribution in [0.4, 0.5) is 21.6 Å². The molecule has 3 amide bonds. The maximum atomic E-state index is 14.9. The predicted molar refractivity (Wildman–Crippen MR) is 134 cm³/mol. The zero-order valence-corrected chi connectivity index (χ0v) is 20.3. The number of pyridine rings is 1. The minimum atomic E-state index is -2.82. The molecule has 37 heavy (non-hydrogen) atoms. The highest BCUT2D eigenvalue weighted by atomic mass is 19.1. The number of hydrogen-bond donors (Lipinski definition) is 3. The lowest BCUT2D eigenvalue weighted by Gasteiger charge is -2.17. The van der Waals surface area contributed by atoms with Crippen molar-refractivity contribution in [3.05, 3.63) is 53.6 Å². The van der Waals surface area contributed by atoms with E-state index in [2.05, 4.69) is 25.8 Å². The Morgan fingerprint density at radius 1 is 1.14 bits per heavy atom. The number of nitrogens with one attached hydrogen (secondary N) is 3. The highest BCUT2D eigenvalue weighted by molar-refractivity contribution is 6.00. The molecule has 11 nitrogen and oxygen atoms in total. The average molecular weight is 511 g/mol. The van der Waals surface area contributed by atoms with Crippen LogP contribution in [0.25, 0.3) is 11.3 Å².